The molecule has 7 nitrogen and oxygen atoms in total. The van der Waals surface area contributed by atoms with E-state index in [1.807, 2.05) is 0 Å². The van der Waals surface area contributed by atoms with E-state index in [1.165, 1.54) is 6.07 Å². The lowest BCUT2D eigenvalue weighted by molar-refractivity contribution is -0.394. The summed E-state index contributed by atoms with van der Waals surface area (Å²) in [7, 11) is 0. The molecule has 22 heavy (non-hydrogen) atoms. The lowest BCUT2D eigenvalue weighted by atomic mass is 10.1. The van der Waals surface area contributed by atoms with E-state index in [4.69, 9.17) is 16.3 Å². The predicted molar refractivity (Wildman–Crippen MR) is 80.8 cm³/mol. The third-order valence-electron chi connectivity index (χ3n) is 2.99. The van der Waals surface area contributed by atoms with Crippen LogP contribution in [0.4, 0.5) is 11.4 Å². The lowest BCUT2D eigenvalue weighted by Crippen LogP contribution is -1.96. The van der Waals surface area contributed by atoms with E-state index in [1.54, 1.807) is 26.0 Å². The monoisotopic (exact) mass is 322 g/mol. The average molecular weight is 323 g/mol. The number of nitro benzene ring substituents is 2. The fraction of sp³-hybridized carbons (Fsp3) is 0.143. The van der Waals surface area contributed by atoms with Gasteiger partial charge in [0.1, 0.15) is 5.75 Å². The lowest BCUT2D eigenvalue weighted by Gasteiger charge is -2.09. The van der Waals surface area contributed by atoms with E-state index >= 15 is 0 Å². The van der Waals surface area contributed by atoms with Crippen LogP contribution in [0.3, 0.4) is 0 Å². The summed E-state index contributed by atoms with van der Waals surface area (Å²) in [5.41, 5.74) is 0.685. The highest BCUT2D eigenvalue weighted by Gasteiger charge is 2.21. The largest absolute Gasteiger partial charge is 0.450 e. The highest BCUT2D eigenvalue weighted by atomic mass is 35.5. The Morgan fingerprint density at radius 1 is 1.00 bits per heavy atom. The van der Waals surface area contributed by atoms with Crippen molar-refractivity contribution in [2.24, 2.45) is 0 Å². The Bertz CT molecular complexity index is 753. The van der Waals surface area contributed by atoms with Crippen LogP contribution in [0.15, 0.2) is 30.3 Å². The van der Waals surface area contributed by atoms with E-state index < -0.39 is 15.5 Å². The van der Waals surface area contributed by atoms with Crippen molar-refractivity contribution >= 4 is 23.0 Å². The highest BCUT2D eigenvalue weighted by Crippen LogP contribution is 2.36. The van der Waals surface area contributed by atoms with Crippen molar-refractivity contribution in [2.75, 3.05) is 0 Å². The first-order valence-corrected chi connectivity index (χ1v) is 6.55. The second-order valence-corrected chi connectivity index (χ2v) is 5.02. The minimum Gasteiger partial charge on any atom is -0.450 e. The SMILES string of the molecule is Cc1cc(Oc2ccc([N+](=O)[O-])cc2[N+](=O)[O-])cc(C)c1Cl. The number of halogens is 1. The van der Waals surface area contributed by atoms with Gasteiger partial charge in [-0.2, -0.15) is 0 Å². The molecule has 0 radical (unpaired) electrons. The molecule has 0 unspecified atom stereocenters. The van der Waals surface area contributed by atoms with Crippen LogP contribution in [0.25, 0.3) is 0 Å². The van der Waals surface area contributed by atoms with Gasteiger partial charge in [0.25, 0.3) is 5.69 Å². The van der Waals surface area contributed by atoms with Crippen molar-refractivity contribution in [3.63, 3.8) is 0 Å². The summed E-state index contributed by atoms with van der Waals surface area (Å²) in [6, 6.07) is 6.50. The normalized spacial score (nSPS) is 10.3. The van der Waals surface area contributed by atoms with Crippen molar-refractivity contribution in [3.05, 3.63) is 66.7 Å². The number of hydrogen-bond donors (Lipinski definition) is 0. The molecule has 0 bridgehead atoms. The molecule has 0 aromatic heterocycles. The zero-order chi connectivity index (χ0) is 16.4. The average Bonchev–Trinajstić information content (AvgIpc) is 2.44. The minimum atomic E-state index is -0.724. The number of rotatable bonds is 4. The first kappa shape index (κ1) is 15.7. The van der Waals surface area contributed by atoms with Gasteiger partial charge in [-0.05, 0) is 43.2 Å². The van der Waals surface area contributed by atoms with Gasteiger partial charge in [-0.15, -0.1) is 0 Å². The van der Waals surface area contributed by atoms with E-state index in [0.717, 1.165) is 23.3 Å². The van der Waals surface area contributed by atoms with Gasteiger partial charge in [0.15, 0.2) is 0 Å². The zero-order valence-corrected chi connectivity index (χ0v) is 12.5. The summed E-state index contributed by atoms with van der Waals surface area (Å²) in [5, 5.41) is 22.3. The highest BCUT2D eigenvalue weighted by molar-refractivity contribution is 6.32. The number of ether oxygens (including phenoxy) is 1. The second-order valence-electron chi connectivity index (χ2n) is 4.64. The smallest absolute Gasteiger partial charge is 0.318 e. The summed E-state index contributed by atoms with van der Waals surface area (Å²) in [5.74, 6) is 0.299. The van der Waals surface area contributed by atoms with E-state index in [-0.39, 0.29) is 11.4 Å². The summed E-state index contributed by atoms with van der Waals surface area (Å²) in [6.07, 6.45) is 0. The Hall–Kier alpha value is -2.67. The first-order chi connectivity index (χ1) is 10.3. The maximum absolute atomic E-state index is 11.1. The number of benzene rings is 2. The van der Waals surface area contributed by atoms with Gasteiger partial charge in [-0.1, -0.05) is 11.6 Å². The zero-order valence-electron chi connectivity index (χ0n) is 11.7. The first-order valence-electron chi connectivity index (χ1n) is 6.17. The molecule has 0 aliphatic carbocycles. The van der Waals surface area contributed by atoms with Crippen LogP contribution in [-0.4, -0.2) is 9.85 Å². The van der Waals surface area contributed by atoms with Gasteiger partial charge in [-0.3, -0.25) is 20.2 Å². The maximum atomic E-state index is 11.1. The molecule has 2 aromatic carbocycles. The number of non-ortho nitro benzene ring substituents is 1. The minimum absolute atomic E-state index is 0.0725. The summed E-state index contributed by atoms with van der Waals surface area (Å²) in [4.78, 5) is 20.3. The molecule has 0 fully saturated rings. The van der Waals surface area contributed by atoms with Gasteiger partial charge in [0.05, 0.1) is 15.9 Å². The van der Waals surface area contributed by atoms with E-state index in [9.17, 15) is 20.2 Å². The molecule has 0 heterocycles. The molecular weight excluding hydrogens is 312 g/mol. The standard InChI is InChI=1S/C14H11ClN2O5/c1-8-5-11(6-9(2)14(8)15)22-13-4-3-10(16(18)19)7-12(13)17(20)21/h3-7H,1-2H3. The fourth-order valence-corrected chi connectivity index (χ4v) is 2.05. The van der Waals surface area contributed by atoms with Crippen molar-refractivity contribution in [1.29, 1.82) is 0 Å². The molecule has 0 saturated heterocycles. The molecule has 2 rings (SSSR count). The predicted octanol–water partition coefficient (Wildman–Crippen LogP) is 4.57. The van der Waals surface area contributed by atoms with Gasteiger partial charge in [0.2, 0.25) is 5.75 Å². The number of nitrogens with zero attached hydrogens (tertiary/aromatic N) is 2. The molecule has 0 N–H and O–H groups in total. The van der Waals surface area contributed by atoms with Crippen molar-refractivity contribution in [1.82, 2.24) is 0 Å². The van der Waals surface area contributed by atoms with Crippen LogP contribution in [0.5, 0.6) is 11.5 Å². The Kier molecular flexibility index (Phi) is 4.27. The van der Waals surface area contributed by atoms with Gasteiger partial charge in [0, 0.05) is 11.1 Å². The van der Waals surface area contributed by atoms with Crippen molar-refractivity contribution in [3.8, 4) is 11.5 Å². The molecule has 114 valence electrons. The maximum Gasteiger partial charge on any atom is 0.318 e. The third-order valence-corrected chi connectivity index (χ3v) is 3.58. The Balaban J connectivity index is 2.45. The van der Waals surface area contributed by atoms with Crippen molar-refractivity contribution < 1.29 is 14.6 Å². The quantitative estimate of drug-likeness (QED) is 0.607. The van der Waals surface area contributed by atoms with Crippen LogP contribution in [0, 0.1) is 34.1 Å². The topological polar surface area (TPSA) is 95.5 Å². The van der Waals surface area contributed by atoms with Crippen molar-refractivity contribution in [2.45, 2.75) is 13.8 Å². The van der Waals surface area contributed by atoms with Crippen LogP contribution >= 0.6 is 11.6 Å². The number of nitro groups is 2. The number of hydrogen-bond acceptors (Lipinski definition) is 5. The summed E-state index contributed by atoms with van der Waals surface area (Å²) >= 11 is 6.05. The summed E-state index contributed by atoms with van der Waals surface area (Å²) in [6.45, 7) is 3.57. The molecule has 0 atom stereocenters. The van der Waals surface area contributed by atoms with Gasteiger partial charge >= 0.3 is 5.69 Å². The van der Waals surface area contributed by atoms with Gasteiger partial charge in [-0.25, -0.2) is 0 Å². The Morgan fingerprint density at radius 2 is 1.59 bits per heavy atom. The van der Waals surface area contributed by atoms with E-state index in [2.05, 4.69) is 0 Å². The van der Waals surface area contributed by atoms with E-state index in [0.29, 0.717) is 10.8 Å². The van der Waals surface area contributed by atoms with Crippen LogP contribution in [0.2, 0.25) is 5.02 Å². The molecule has 0 aliphatic rings. The van der Waals surface area contributed by atoms with Crippen LogP contribution in [0.1, 0.15) is 11.1 Å². The van der Waals surface area contributed by atoms with Gasteiger partial charge < -0.3 is 4.74 Å². The molecular formula is C14H11ClN2O5. The summed E-state index contributed by atoms with van der Waals surface area (Å²) < 4.78 is 5.50. The molecule has 0 saturated carbocycles. The van der Waals surface area contributed by atoms with Crippen LogP contribution in [-0.2, 0) is 0 Å². The third kappa shape index (κ3) is 3.15. The Morgan fingerprint density at radius 3 is 2.09 bits per heavy atom. The molecule has 2 aromatic rings. The van der Waals surface area contributed by atoms with Crippen LogP contribution < -0.4 is 4.74 Å². The Labute approximate surface area is 130 Å². The molecule has 0 aliphatic heterocycles. The molecule has 0 amide bonds. The molecule has 8 heteroatoms. The second kappa shape index (κ2) is 5.98. The fourth-order valence-electron chi connectivity index (χ4n) is 1.94. The molecule has 0 spiro atoms. The number of aryl methyl sites for hydroxylation is 2.